The number of amides is 2. The quantitative estimate of drug-likeness (QED) is 0.597. The molecule has 0 atom stereocenters. The highest BCUT2D eigenvalue weighted by Gasteiger charge is 2.25. The van der Waals surface area contributed by atoms with E-state index in [0.29, 0.717) is 45.8 Å². The minimum atomic E-state index is -0.0247. The number of hydrogen-bond acceptors (Lipinski definition) is 6. The molecule has 2 heterocycles. The number of rotatable bonds is 9. The topological polar surface area (TPSA) is 78.9 Å². The van der Waals surface area contributed by atoms with Crippen LogP contribution in [0.5, 0.6) is 0 Å². The molecule has 1 aromatic carbocycles. The van der Waals surface area contributed by atoms with Gasteiger partial charge in [0.25, 0.3) is 0 Å². The van der Waals surface area contributed by atoms with Crippen LogP contribution in [0.4, 0.5) is 5.82 Å². The van der Waals surface area contributed by atoms with Crippen molar-refractivity contribution < 1.29 is 14.3 Å². The molecule has 1 fully saturated rings. The largest absolute Gasteiger partial charge is 0.383 e. The number of ether oxygens (including phenoxy) is 1. The number of aromatic nitrogens is 2. The second-order valence-electron chi connectivity index (χ2n) is 8.42. The maximum absolute atomic E-state index is 12.9. The van der Waals surface area contributed by atoms with Crippen LogP contribution in [0, 0.1) is 5.92 Å². The van der Waals surface area contributed by atoms with Crippen LogP contribution in [0.1, 0.15) is 20.3 Å². The van der Waals surface area contributed by atoms with Crippen LogP contribution in [0.25, 0.3) is 11.3 Å². The van der Waals surface area contributed by atoms with Crippen molar-refractivity contribution in [1.29, 1.82) is 0 Å². The summed E-state index contributed by atoms with van der Waals surface area (Å²) in [5, 5.41) is 8.75. The fourth-order valence-electron chi connectivity index (χ4n) is 3.68. The van der Waals surface area contributed by atoms with E-state index < -0.39 is 0 Å². The number of nitrogens with zero attached hydrogens (tertiary/aromatic N) is 5. The summed E-state index contributed by atoms with van der Waals surface area (Å²) in [5.74, 6) is 1.03. The van der Waals surface area contributed by atoms with Crippen molar-refractivity contribution >= 4 is 17.6 Å². The Kier molecular flexibility index (Phi) is 8.56. The third-order valence-corrected chi connectivity index (χ3v) is 5.50. The predicted octanol–water partition coefficient (Wildman–Crippen LogP) is 2.31. The van der Waals surface area contributed by atoms with Crippen LogP contribution in [0.3, 0.4) is 0 Å². The summed E-state index contributed by atoms with van der Waals surface area (Å²) < 4.78 is 5.12. The smallest absolute Gasteiger partial charge is 0.242 e. The van der Waals surface area contributed by atoms with Crippen molar-refractivity contribution in [3.8, 4) is 11.3 Å². The molecule has 1 aromatic heterocycles. The van der Waals surface area contributed by atoms with Crippen molar-refractivity contribution in [1.82, 2.24) is 20.0 Å². The van der Waals surface area contributed by atoms with Gasteiger partial charge < -0.3 is 19.4 Å². The zero-order valence-corrected chi connectivity index (χ0v) is 19.2. The Morgan fingerprint density at radius 2 is 1.75 bits per heavy atom. The molecule has 0 spiro atoms. The van der Waals surface area contributed by atoms with E-state index in [4.69, 9.17) is 4.74 Å². The summed E-state index contributed by atoms with van der Waals surface area (Å²) in [5.41, 5.74) is 1.87. The number of methoxy groups -OCH3 is 1. The summed E-state index contributed by atoms with van der Waals surface area (Å²) >= 11 is 0. The molecule has 0 bridgehead atoms. The molecule has 172 valence electrons. The van der Waals surface area contributed by atoms with E-state index in [1.807, 2.05) is 61.2 Å². The molecule has 0 N–H and O–H groups in total. The van der Waals surface area contributed by atoms with Crippen LogP contribution >= 0.6 is 0 Å². The molecule has 2 amide bonds. The van der Waals surface area contributed by atoms with E-state index in [1.165, 1.54) is 0 Å². The highest BCUT2D eigenvalue weighted by atomic mass is 16.5. The zero-order valence-electron chi connectivity index (χ0n) is 19.2. The second-order valence-corrected chi connectivity index (χ2v) is 8.42. The van der Waals surface area contributed by atoms with Crippen LogP contribution in [-0.4, -0.2) is 84.8 Å². The molecule has 3 rings (SSSR count). The van der Waals surface area contributed by atoms with Gasteiger partial charge in [-0.1, -0.05) is 44.2 Å². The van der Waals surface area contributed by atoms with Crippen LogP contribution in [0.2, 0.25) is 0 Å². The minimum Gasteiger partial charge on any atom is -0.383 e. The molecule has 0 saturated carbocycles. The first kappa shape index (κ1) is 23.7. The van der Waals surface area contributed by atoms with Gasteiger partial charge in [-0.05, 0) is 18.1 Å². The summed E-state index contributed by atoms with van der Waals surface area (Å²) in [6, 6.07) is 13.9. The molecule has 0 aliphatic carbocycles. The predicted molar refractivity (Wildman–Crippen MR) is 124 cm³/mol. The Labute approximate surface area is 190 Å². The van der Waals surface area contributed by atoms with Gasteiger partial charge in [0, 0.05) is 51.8 Å². The Bertz CT molecular complexity index is 865. The minimum absolute atomic E-state index is 0.00202. The van der Waals surface area contributed by atoms with Crippen LogP contribution in [-0.2, 0) is 14.3 Å². The van der Waals surface area contributed by atoms with Crippen molar-refractivity contribution in [2.24, 2.45) is 5.92 Å². The first-order valence-corrected chi connectivity index (χ1v) is 11.2. The number of benzene rings is 1. The van der Waals surface area contributed by atoms with Gasteiger partial charge in [-0.3, -0.25) is 9.59 Å². The highest BCUT2D eigenvalue weighted by Crippen LogP contribution is 2.19. The normalized spacial score (nSPS) is 14.0. The maximum atomic E-state index is 12.9. The molecule has 8 heteroatoms. The van der Waals surface area contributed by atoms with E-state index in [1.54, 1.807) is 12.0 Å². The van der Waals surface area contributed by atoms with Gasteiger partial charge in [-0.15, -0.1) is 10.2 Å². The lowest BCUT2D eigenvalue weighted by Gasteiger charge is -2.36. The van der Waals surface area contributed by atoms with E-state index in [0.717, 1.165) is 17.1 Å². The van der Waals surface area contributed by atoms with E-state index >= 15 is 0 Å². The zero-order chi connectivity index (χ0) is 22.9. The lowest BCUT2D eigenvalue weighted by molar-refractivity contribution is -0.141. The average Bonchev–Trinajstić information content (AvgIpc) is 2.82. The summed E-state index contributed by atoms with van der Waals surface area (Å²) in [6.45, 7) is 7.51. The van der Waals surface area contributed by atoms with Crippen LogP contribution < -0.4 is 4.90 Å². The third kappa shape index (κ3) is 6.50. The molecule has 2 aromatic rings. The third-order valence-electron chi connectivity index (χ3n) is 5.50. The van der Waals surface area contributed by atoms with Gasteiger partial charge in [-0.25, -0.2) is 0 Å². The first-order valence-electron chi connectivity index (χ1n) is 11.2. The Balaban J connectivity index is 1.53. The lowest BCUT2D eigenvalue weighted by atomic mass is 10.1. The average molecular weight is 440 g/mol. The van der Waals surface area contributed by atoms with Gasteiger partial charge in [0.05, 0.1) is 18.8 Å². The maximum Gasteiger partial charge on any atom is 0.242 e. The van der Waals surface area contributed by atoms with E-state index in [9.17, 15) is 9.59 Å². The monoisotopic (exact) mass is 439 g/mol. The Morgan fingerprint density at radius 1 is 1.03 bits per heavy atom. The van der Waals surface area contributed by atoms with E-state index in [-0.39, 0.29) is 24.3 Å². The summed E-state index contributed by atoms with van der Waals surface area (Å²) in [4.78, 5) is 31.0. The first-order chi connectivity index (χ1) is 15.5. The fraction of sp³-hybridized carbons (Fsp3) is 0.500. The number of carbonyl (C=O) groups is 2. The molecule has 1 saturated heterocycles. The SMILES string of the molecule is COCCN(CC(=O)N1CCN(c2ccc(-c3ccccc3)nn2)CC1)C(=O)CC(C)C. The standard InChI is InChI=1S/C24H33N5O3/c1-19(2)17-23(30)29(15-16-32-3)18-24(31)28-13-11-27(12-14-28)22-10-9-21(25-26-22)20-7-5-4-6-8-20/h4-10,19H,11-18H2,1-3H3. The fourth-order valence-corrected chi connectivity index (χ4v) is 3.68. The summed E-state index contributed by atoms with van der Waals surface area (Å²) in [7, 11) is 1.60. The summed E-state index contributed by atoms with van der Waals surface area (Å²) in [6.07, 6.45) is 0.433. The van der Waals surface area contributed by atoms with Gasteiger partial charge in [0.2, 0.25) is 11.8 Å². The number of carbonyl (C=O) groups excluding carboxylic acids is 2. The van der Waals surface area contributed by atoms with Gasteiger partial charge in [-0.2, -0.15) is 0 Å². The molecular formula is C24H33N5O3. The van der Waals surface area contributed by atoms with Crippen molar-refractivity contribution in [3.05, 3.63) is 42.5 Å². The lowest BCUT2D eigenvalue weighted by Crippen LogP contribution is -2.52. The van der Waals surface area contributed by atoms with Crippen molar-refractivity contribution in [3.63, 3.8) is 0 Å². The molecule has 0 unspecified atom stereocenters. The van der Waals surface area contributed by atoms with E-state index in [2.05, 4.69) is 15.1 Å². The highest BCUT2D eigenvalue weighted by molar-refractivity contribution is 5.85. The number of anilines is 1. The Hall–Kier alpha value is -3.00. The van der Waals surface area contributed by atoms with Crippen molar-refractivity contribution in [2.45, 2.75) is 20.3 Å². The number of piperazine rings is 1. The Morgan fingerprint density at radius 3 is 2.34 bits per heavy atom. The van der Waals surface area contributed by atoms with Crippen molar-refractivity contribution in [2.75, 3.05) is 57.9 Å². The van der Waals surface area contributed by atoms with Crippen LogP contribution in [0.15, 0.2) is 42.5 Å². The number of hydrogen-bond donors (Lipinski definition) is 0. The molecular weight excluding hydrogens is 406 g/mol. The van der Waals surface area contributed by atoms with Gasteiger partial charge in [0.1, 0.15) is 0 Å². The molecule has 0 radical (unpaired) electrons. The molecule has 1 aliphatic heterocycles. The second kappa shape index (κ2) is 11.6. The van der Waals surface area contributed by atoms with Gasteiger partial charge >= 0.3 is 0 Å². The molecule has 32 heavy (non-hydrogen) atoms. The molecule has 8 nitrogen and oxygen atoms in total. The van der Waals surface area contributed by atoms with Gasteiger partial charge in [0.15, 0.2) is 5.82 Å². The molecule has 1 aliphatic rings.